The van der Waals surface area contributed by atoms with Gasteiger partial charge in [-0.05, 0) is 38.7 Å². The van der Waals surface area contributed by atoms with E-state index in [-0.39, 0.29) is 12.1 Å². The molecule has 0 aliphatic heterocycles. The average molecular weight is 219 g/mol. The molecule has 0 spiro atoms. The van der Waals surface area contributed by atoms with Crippen LogP contribution in [0.4, 0.5) is 0 Å². The van der Waals surface area contributed by atoms with E-state index >= 15 is 0 Å². The third-order valence-electron chi connectivity index (χ3n) is 3.25. The van der Waals surface area contributed by atoms with Crippen LogP contribution in [0.25, 0.3) is 0 Å². The van der Waals surface area contributed by atoms with Crippen molar-refractivity contribution in [1.29, 1.82) is 0 Å². The molecule has 88 valence electrons. The summed E-state index contributed by atoms with van der Waals surface area (Å²) in [6.07, 6.45) is 3.70. The van der Waals surface area contributed by atoms with Gasteiger partial charge in [0.05, 0.1) is 12.7 Å². The number of benzene rings is 1. The maximum Gasteiger partial charge on any atom is 0.0730 e. The van der Waals surface area contributed by atoms with Gasteiger partial charge in [-0.1, -0.05) is 29.3 Å². The maximum atomic E-state index is 5.98. The van der Waals surface area contributed by atoms with Crippen LogP contribution in [0.3, 0.4) is 0 Å². The molecule has 2 rings (SSSR count). The second kappa shape index (κ2) is 4.98. The highest BCUT2D eigenvalue weighted by molar-refractivity contribution is 5.28. The monoisotopic (exact) mass is 219 g/mol. The van der Waals surface area contributed by atoms with E-state index < -0.39 is 0 Å². The van der Waals surface area contributed by atoms with Crippen molar-refractivity contribution < 1.29 is 4.74 Å². The van der Waals surface area contributed by atoms with Crippen molar-refractivity contribution in [3.63, 3.8) is 0 Å². The highest BCUT2D eigenvalue weighted by atomic mass is 16.5. The second-order valence-electron chi connectivity index (χ2n) is 4.94. The quantitative estimate of drug-likeness (QED) is 0.848. The van der Waals surface area contributed by atoms with Gasteiger partial charge < -0.3 is 10.5 Å². The third kappa shape index (κ3) is 2.83. The molecule has 0 radical (unpaired) electrons. The summed E-state index contributed by atoms with van der Waals surface area (Å²) in [6.45, 7) is 4.94. The number of hydrogen-bond donors (Lipinski definition) is 1. The smallest absolute Gasteiger partial charge is 0.0730 e. The zero-order valence-corrected chi connectivity index (χ0v) is 10.2. The Labute approximate surface area is 97.8 Å². The minimum absolute atomic E-state index is 0.242. The van der Waals surface area contributed by atoms with E-state index in [1.54, 1.807) is 0 Å². The molecule has 2 N–H and O–H groups in total. The normalized spacial score (nSPS) is 24.9. The third-order valence-corrected chi connectivity index (χ3v) is 3.25. The Bertz CT molecular complexity index is 342. The maximum absolute atomic E-state index is 5.98. The molecule has 1 aromatic rings. The zero-order chi connectivity index (χ0) is 11.5. The Morgan fingerprint density at radius 3 is 2.44 bits per heavy atom. The Balaban J connectivity index is 1.94. The van der Waals surface area contributed by atoms with Gasteiger partial charge in [-0.2, -0.15) is 0 Å². The Hall–Kier alpha value is -0.860. The average Bonchev–Trinajstić information content (AvgIpc) is 2.59. The molecule has 0 amide bonds. The molecule has 1 aliphatic rings. The van der Waals surface area contributed by atoms with Crippen molar-refractivity contribution >= 4 is 0 Å². The molecule has 2 nitrogen and oxygen atoms in total. The van der Waals surface area contributed by atoms with Crippen LogP contribution in [0.2, 0.25) is 0 Å². The molecule has 1 aliphatic carbocycles. The van der Waals surface area contributed by atoms with E-state index in [1.807, 2.05) is 0 Å². The van der Waals surface area contributed by atoms with Gasteiger partial charge in [0.15, 0.2) is 0 Å². The van der Waals surface area contributed by atoms with E-state index in [4.69, 9.17) is 10.5 Å². The summed E-state index contributed by atoms with van der Waals surface area (Å²) in [7, 11) is 0. The molecule has 2 atom stereocenters. The molecule has 0 saturated heterocycles. The lowest BCUT2D eigenvalue weighted by molar-refractivity contribution is 0.0357. The molecule has 0 aromatic heterocycles. The summed E-state index contributed by atoms with van der Waals surface area (Å²) in [6, 6.07) is 6.80. The molecular weight excluding hydrogens is 198 g/mol. The summed E-state index contributed by atoms with van der Waals surface area (Å²) in [4.78, 5) is 0. The van der Waals surface area contributed by atoms with Gasteiger partial charge >= 0.3 is 0 Å². The van der Waals surface area contributed by atoms with Crippen LogP contribution < -0.4 is 5.73 Å². The van der Waals surface area contributed by atoms with Crippen LogP contribution in [-0.2, 0) is 11.3 Å². The molecule has 0 unspecified atom stereocenters. The molecule has 1 fully saturated rings. The minimum Gasteiger partial charge on any atom is -0.372 e. The Morgan fingerprint density at radius 1 is 1.19 bits per heavy atom. The molecular formula is C14H21NO. The Morgan fingerprint density at radius 2 is 1.88 bits per heavy atom. The first-order valence-corrected chi connectivity index (χ1v) is 6.09. The number of hydrogen-bond acceptors (Lipinski definition) is 2. The number of nitrogens with two attached hydrogens (primary N) is 1. The van der Waals surface area contributed by atoms with E-state index in [0.717, 1.165) is 12.8 Å². The van der Waals surface area contributed by atoms with Crippen LogP contribution in [0.15, 0.2) is 18.2 Å². The largest absolute Gasteiger partial charge is 0.372 e. The lowest BCUT2D eigenvalue weighted by atomic mass is 10.1. The van der Waals surface area contributed by atoms with Crippen molar-refractivity contribution in [1.82, 2.24) is 0 Å². The summed E-state index contributed by atoms with van der Waals surface area (Å²) >= 11 is 0. The topological polar surface area (TPSA) is 35.2 Å². The van der Waals surface area contributed by atoms with Crippen molar-refractivity contribution in [3.8, 4) is 0 Å². The summed E-state index contributed by atoms with van der Waals surface area (Å²) < 4.78 is 5.89. The second-order valence-corrected chi connectivity index (χ2v) is 4.94. The van der Waals surface area contributed by atoms with E-state index in [1.165, 1.54) is 23.1 Å². The van der Waals surface area contributed by atoms with Gasteiger partial charge in [0, 0.05) is 6.04 Å². The van der Waals surface area contributed by atoms with Crippen LogP contribution in [0.1, 0.15) is 36.0 Å². The number of ether oxygens (including phenoxy) is 1. The molecule has 0 heterocycles. The number of aryl methyl sites for hydroxylation is 2. The summed E-state index contributed by atoms with van der Waals surface area (Å²) in [5.74, 6) is 0. The highest BCUT2D eigenvalue weighted by Crippen LogP contribution is 2.21. The summed E-state index contributed by atoms with van der Waals surface area (Å²) in [5.41, 5.74) is 9.84. The first kappa shape index (κ1) is 11.6. The van der Waals surface area contributed by atoms with Gasteiger partial charge in [-0.3, -0.25) is 0 Å². The first-order chi connectivity index (χ1) is 7.65. The molecule has 0 bridgehead atoms. The predicted molar refractivity (Wildman–Crippen MR) is 66.3 cm³/mol. The lowest BCUT2D eigenvalue weighted by Gasteiger charge is -2.16. The molecule has 1 aromatic carbocycles. The SMILES string of the molecule is Cc1cc(C)cc(CO[C@H]2CCC[C@@H]2N)c1. The highest BCUT2D eigenvalue weighted by Gasteiger charge is 2.24. The fourth-order valence-electron chi connectivity index (χ4n) is 2.52. The standard InChI is InChI=1S/C14H21NO/c1-10-6-11(2)8-12(7-10)9-16-14-5-3-4-13(14)15/h6-8,13-14H,3-5,9,15H2,1-2H3/t13-,14-/m0/s1. The van der Waals surface area contributed by atoms with Crippen molar-refractivity contribution in [2.45, 2.75) is 51.9 Å². The van der Waals surface area contributed by atoms with Crippen molar-refractivity contribution in [2.24, 2.45) is 5.73 Å². The van der Waals surface area contributed by atoms with Gasteiger partial charge in [-0.25, -0.2) is 0 Å². The van der Waals surface area contributed by atoms with Crippen molar-refractivity contribution in [2.75, 3.05) is 0 Å². The first-order valence-electron chi connectivity index (χ1n) is 6.09. The molecule has 2 heteroatoms. The lowest BCUT2D eigenvalue weighted by Crippen LogP contribution is -2.31. The van der Waals surface area contributed by atoms with Gasteiger partial charge in [0.25, 0.3) is 0 Å². The molecule has 16 heavy (non-hydrogen) atoms. The van der Waals surface area contributed by atoms with Crippen LogP contribution >= 0.6 is 0 Å². The zero-order valence-electron chi connectivity index (χ0n) is 10.2. The fourth-order valence-corrected chi connectivity index (χ4v) is 2.52. The number of rotatable bonds is 3. The van der Waals surface area contributed by atoms with E-state index in [2.05, 4.69) is 32.0 Å². The van der Waals surface area contributed by atoms with Crippen LogP contribution in [-0.4, -0.2) is 12.1 Å². The van der Waals surface area contributed by atoms with Crippen LogP contribution in [0, 0.1) is 13.8 Å². The minimum atomic E-state index is 0.242. The van der Waals surface area contributed by atoms with Crippen LogP contribution in [0.5, 0.6) is 0 Å². The molecule has 1 saturated carbocycles. The van der Waals surface area contributed by atoms with Gasteiger partial charge in [0.1, 0.15) is 0 Å². The summed E-state index contributed by atoms with van der Waals surface area (Å²) in [5, 5.41) is 0. The predicted octanol–water partition coefficient (Wildman–Crippen LogP) is 2.70. The van der Waals surface area contributed by atoms with E-state index in [0.29, 0.717) is 6.61 Å². The fraction of sp³-hybridized carbons (Fsp3) is 0.571. The van der Waals surface area contributed by atoms with Gasteiger partial charge in [-0.15, -0.1) is 0 Å². The van der Waals surface area contributed by atoms with Gasteiger partial charge in [0.2, 0.25) is 0 Å². The van der Waals surface area contributed by atoms with Crippen molar-refractivity contribution in [3.05, 3.63) is 34.9 Å². The Kier molecular flexibility index (Phi) is 3.62. The van der Waals surface area contributed by atoms with E-state index in [9.17, 15) is 0 Å².